The molecule has 0 atom stereocenters. The number of nitrogens with one attached hydrogen (secondary N) is 1. The Morgan fingerprint density at radius 1 is 1.12 bits per heavy atom. The number of carbonyl (C=O) groups is 1. The lowest BCUT2D eigenvalue weighted by molar-refractivity contribution is 0.0930. The monoisotopic (exact) mass is 367 g/mol. The zero-order chi connectivity index (χ0) is 17.9. The Labute approximate surface area is 156 Å². The minimum Gasteiger partial charge on any atom is -0.462 e. The first-order valence-corrected chi connectivity index (χ1v) is 9.69. The summed E-state index contributed by atoms with van der Waals surface area (Å²) in [6.07, 6.45) is 5.38. The molecule has 1 saturated carbocycles. The summed E-state index contributed by atoms with van der Waals surface area (Å²) in [6.45, 7) is 0. The highest BCUT2D eigenvalue weighted by atomic mass is 32.1. The maximum atomic E-state index is 13.0. The maximum Gasteiger partial charge on any atom is 0.263 e. The van der Waals surface area contributed by atoms with E-state index in [2.05, 4.69) is 5.32 Å². The van der Waals surface area contributed by atoms with Gasteiger partial charge in [0.2, 0.25) is 0 Å². The molecule has 4 rings (SSSR count). The van der Waals surface area contributed by atoms with Crippen LogP contribution in [0.3, 0.4) is 0 Å². The summed E-state index contributed by atoms with van der Waals surface area (Å²) in [4.78, 5) is 18.3. The van der Waals surface area contributed by atoms with E-state index in [0.29, 0.717) is 21.3 Å². The van der Waals surface area contributed by atoms with Crippen LogP contribution < -0.4 is 11.1 Å². The van der Waals surface area contributed by atoms with Gasteiger partial charge < -0.3 is 15.5 Å². The molecule has 134 valence electrons. The molecular formula is C20H21N3O2S. The quantitative estimate of drug-likeness (QED) is 0.728. The minimum absolute atomic E-state index is 0.0698. The van der Waals surface area contributed by atoms with Crippen molar-refractivity contribution in [3.8, 4) is 22.0 Å². The van der Waals surface area contributed by atoms with Gasteiger partial charge in [-0.1, -0.05) is 30.3 Å². The number of nitrogens with two attached hydrogens (primary N) is 1. The SMILES string of the molecule is NC1CCC(NC(=O)c2sc(-c3ccco3)nc2-c2ccccc2)CC1. The number of hydrogen-bond acceptors (Lipinski definition) is 5. The molecule has 6 heteroatoms. The van der Waals surface area contributed by atoms with Gasteiger partial charge in [-0.15, -0.1) is 11.3 Å². The summed E-state index contributed by atoms with van der Waals surface area (Å²) in [5.74, 6) is 0.606. The van der Waals surface area contributed by atoms with Crippen LogP contribution in [0, 0.1) is 0 Å². The molecule has 0 radical (unpaired) electrons. The second kappa shape index (κ2) is 7.43. The minimum atomic E-state index is -0.0698. The maximum absolute atomic E-state index is 13.0. The molecule has 3 aromatic rings. The number of rotatable bonds is 4. The summed E-state index contributed by atoms with van der Waals surface area (Å²) < 4.78 is 5.47. The van der Waals surface area contributed by atoms with Crippen molar-refractivity contribution < 1.29 is 9.21 Å². The Bertz CT molecular complexity index is 866. The van der Waals surface area contributed by atoms with Crippen LogP contribution >= 0.6 is 11.3 Å². The average Bonchev–Trinajstić information content (AvgIpc) is 3.34. The van der Waals surface area contributed by atoms with E-state index in [9.17, 15) is 4.79 Å². The predicted molar refractivity (Wildman–Crippen MR) is 103 cm³/mol. The second-order valence-corrected chi connectivity index (χ2v) is 7.62. The molecule has 2 aromatic heterocycles. The number of thiazole rings is 1. The molecule has 1 amide bonds. The van der Waals surface area contributed by atoms with Crippen LogP contribution in [-0.4, -0.2) is 23.0 Å². The lowest BCUT2D eigenvalue weighted by atomic mass is 9.92. The smallest absolute Gasteiger partial charge is 0.263 e. The first kappa shape index (κ1) is 17.0. The number of hydrogen-bond donors (Lipinski definition) is 2. The molecule has 0 spiro atoms. The summed E-state index contributed by atoms with van der Waals surface area (Å²) in [6, 6.07) is 13.9. The Hall–Kier alpha value is -2.44. The molecule has 0 aliphatic heterocycles. The lowest BCUT2D eigenvalue weighted by Crippen LogP contribution is -2.40. The third-order valence-electron chi connectivity index (χ3n) is 4.72. The molecule has 1 fully saturated rings. The molecule has 5 nitrogen and oxygen atoms in total. The van der Waals surface area contributed by atoms with Gasteiger partial charge in [-0.3, -0.25) is 4.79 Å². The van der Waals surface area contributed by atoms with Crippen molar-refractivity contribution in [1.82, 2.24) is 10.3 Å². The van der Waals surface area contributed by atoms with Gasteiger partial charge >= 0.3 is 0 Å². The van der Waals surface area contributed by atoms with Gasteiger partial charge in [-0.05, 0) is 37.8 Å². The summed E-state index contributed by atoms with van der Waals surface area (Å²) >= 11 is 1.37. The Morgan fingerprint density at radius 2 is 1.88 bits per heavy atom. The fraction of sp³-hybridized carbons (Fsp3) is 0.300. The molecule has 3 N–H and O–H groups in total. The third kappa shape index (κ3) is 3.57. The Balaban J connectivity index is 1.64. The van der Waals surface area contributed by atoms with Crippen LogP contribution in [0.2, 0.25) is 0 Å². The molecule has 2 heterocycles. The van der Waals surface area contributed by atoms with Crippen molar-refractivity contribution in [2.24, 2.45) is 5.73 Å². The molecule has 1 aliphatic carbocycles. The molecule has 1 aromatic carbocycles. The van der Waals surface area contributed by atoms with Gasteiger partial charge in [-0.25, -0.2) is 4.98 Å². The van der Waals surface area contributed by atoms with Crippen LogP contribution in [0.1, 0.15) is 35.4 Å². The number of aromatic nitrogens is 1. The number of nitrogens with zero attached hydrogens (tertiary/aromatic N) is 1. The zero-order valence-corrected chi connectivity index (χ0v) is 15.2. The highest BCUT2D eigenvalue weighted by molar-refractivity contribution is 7.17. The molecule has 1 aliphatic rings. The van der Waals surface area contributed by atoms with E-state index in [1.54, 1.807) is 6.26 Å². The fourth-order valence-corrected chi connectivity index (χ4v) is 4.24. The second-order valence-electron chi connectivity index (χ2n) is 6.63. The van der Waals surface area contributed by atoms with Crippen LogP contribution in [0.4, 0.5) is 0 Å². The van der Waals surface area contributed by atoms with Crippen molar-refractivity contribution in [2.45, 2.75) is 37.8 Å². The highest BCUT2D eigenvalue weighted by Gasteiger charge is 2.25. The normalized spacial score (nSPS) is 20.0. The number of carbonyl (C=O) groups excluding carboxylic acids is 1. The van der Waals surface area contributed by atoms with Gasteiger partial charge in [0.25, 0.3) is 5.91 Å². The summed E-state index contributed by atoms with van der Waals surface area (Å²) in [7, 11) is 0. The van der Waals surface area contributed by atoms with E-state index in [4.69, 9.17) is 15.1 Å². The van der Waals surface area contributed by atoms with Crippen LogP contribution in [0.25, 0.3) is 22.0 Å². The number of benzene rings is 1. The Morgan fingerprint density at radius 3 is 2.58 bits per heavy atom. The van der Waals surface area contributed by atoms with Gasteiger partial charge in [0.05, 0.1) is 12.0 Å². The first-order valence-electron chi connectivity index (χ1n) is 8.87. The van der Waals surface area contributed by atoms with Crippen molar-refractivity contribution in [3.05, 3.63) is 53.6 Å². The first-order chi connectivity index (χ1) is 12.7. The van der Waals surface area contributed by atoms with Crippen LogP contribution in [0.15, 0.2) is 53.1 Å². The third-order valence-corrected chi connectivity index (χ3v) is 5.79. The highest BCUT2D eigenvalue weighted by Crippen LogP contribution is 2.34. The van der Waals surface area contributed by atoms with Crippen LogP contribution in [0.5, 0.6) is 0 Å². The largest absolute Gasteiger partial charge is 0.462 e. The average molecular weight is 367 g/mol. The molecule has 0 bridgehead atoms. The summed E-state index contributed by atoms with van der Waals surface area (Å²) in [5, 5.41) is 3.88. The topological polar surface area (TPSA) is 81.1 Å². The van der Waals surface area contributed by atoms with E-state index < -0.39 is 0 Å². The zero-order valence-electron chi connectivity index (χ0n) is 14.4. The fourth-order valence-electron chi connectivity index (χ4n) is 3.29. The van der Waals surface area contributed by atoms with Crippen molar-refractivity contribution in [3.63, 3.8) is 0 Å². The van der Waals surface area contributed by atoms with Crippen LogP contribution in [-0.2, 0) is 0 Å². The summed E-state index contributed by atoms with van der Waals surface area (Å²) in [5.41, 5.74) is 7.59. The van der Waals surface area contributed by atoms with Crippen molar-refractivity contribution in [1.29, 1.82) is 0 Å². The Kier molecular flexibility index (Phi) is 4.86. The van der Waals surface area contributed by atoms with Gasteiger partial charge in [0.15, 0.2) is 10.8 Å². The standard InChI is InChI=1S/C20H21N3O2S/c21-14-8-10-15(11-9-14)22-19(24)18-17(13-5-2-1-3-6-13)23-20(26-18)16-7-4-12-25-16/h1-7,12,14-15H,8-11,21H2,(H,22,24). The molecule has 26 heavy (non-hydrogen) atoms. The van der Waals surface area contributed by atoms with E-state index >= 15 is 0 Å². The number of furan rings is 1. The van der Waals surface area contributed by atoms with Crippen molar-refractivity contribution in [2.75, 3.05) is 0 Å². The number of amides is 1. The lowest BCUT2D eigenvalue weighted by Gasteiger charge is -2.26. The van der Waals surface area contributed by atoms with Gasteiger partial charge in [-0.2, -0.15) is 0 Å². The van der Waals surface area contributed by atoms with Gasteiger partial charge in [0.1, 0.15) is 4.88 Å². The molecular weight excluding hydrogens is 346 g/mol. The van der Waals surface area contributed by atoms with Crippen molar-refractivity contribution >= 4 is 17.2 Å². The van der Waals surface area contributed by atoms with E-state index in [1.807, 2.05) is 42.5 Å². The molecule has 0 unspecified atom stereocenters. The van der Waals surface area contributed by atoms with E-state index in [-0.39, 0.29) is 18.0 Å². The van der Waals surface area contributed by atoms with Gasteiger partial charge in [0, 0.05) is 17.6 Å². The van der Waals surface area contributed by atoms with E-state index in [0.717, 1.165) is 31.2 Å². The van der Waals surface area contributed by atoms with E-state index in [1.165, 1.54) is 11.3 Å². The molecule has 0 saturated heterocycles. The predicted octanol–water partition coefficient (Wildman–Crippen LogP) is 4.07.